The molecule has 1 N–H and O–H groups in total. The first-order chi connectivity index (χ1) is 4.90. The highest BCUT2D eigenvalue weighted by Gasteiger charge is 2.23. The summed E-state index contributed by atoms with van der Waals surface area (Å²) in [6.07, 6.45) is 1.18. The molecule has 1 aliphatic heterocycles. The molecule has 1 aromatic heterocycles. The number of rotatable bonds is 2. The van der Waals surface area contributed by atoms with Crippen LogP contribution in [0.25, 0.3) is 0 Å². The molecule has 1 atom stereocenters. The third-order valence-corrected chi connectivity index (χ3v) is 3.13. The number of aryl methyl sites for hydroxylation is 1. The fourth-order valence-electron chi connectivity index (χ4n) is 1.03. The van der Waals surface area contributed by atoms with Gasteiger partial charge in [-0.25, -0.2) is 0 Å². The lowest BCUT2D eigenvalue weighted by Crippen LogP contribution is -1.74. The Balaban J connectivity index is 2.19. The molecule has 1 nitrogen and oxygen atoms in total. The van der Waals surface area contributed by atoms with Gasteiger partial charge in [0.2, 0.25) is 0 Å². The average Bonchev–Trinajstić information content (AvgIpc) is 2.70. The van der Waals surface area contributed by atoms with Crippen LogP contribution < -0.4 is 5.32 Å². The van der Waals surface area contributed by atoms with Gasteiger partial charge in [-0.3, -0.25) is 0 Å². The van der Waals surface area contributed by atoms with Crippen LogP contribution in [0.15, 0.2) is 12.1 Å². The summed E-state index contributed by atoms with van der Waals surface area (Å²) in [6, 6.07) is 5.18. The standard InChI is InChI=1S/C8H11NS/c1-2-6-3-4-8(10-6)7-5-9-7/h3-4,7,9H,2,5H2,1H3/t7-/m1/s1. The first kappa shape index (κ1) is 6.38. The predicted octanol–water partition coefficient (Wildman–Crippen LogP) is 1.95. The molecule has 1 aromatic rings. The second-order valence-electron chi connectivity index (χ2n) is 2.62. The highest BCUT2D eigenvalue weighted by Crippen LogP contribution is 2.28. The van der Waals surface area contributed by atoms with Crippen LogP contribution in [0.2, 0.25) is 0 Å². The summed E-state index contributed by atoms with van der Waals surface area (Å²) >= 11 is 1.94. The Labute approximate surface area is 65.1 Å². The number of nitrogens with one attached hydrogen (secondary N) is 1. The van der Waals surface area contributed by atoms with Crippen molar-refractivity contribution in [1.82, 2.24) is 5.32 Å². The summed E-state index contributed by atoms with van der Waals surface area (Å²) in [6.45, 7) is 3.39. The summed E-state index contributed by atoms with van der Waals surface area (Å²) in [5.74, 6) is 0. The van der Waals surface area contributed by atoms with Crippen LogP contribution >= 0.6 is 11.3 Å². The van der Waals surface area contributed by atoms with E-state index < -0.39 is 0 Å². The third kappa shape index (κ3) is 1.09. The zero-order chi connectivity index (χ0) is 6.97. The van der Waals surface area contributed by atoms with Gasteiger partial charge >= 0.3 is 0 Å². The van der Waals surface area contributed by atoms with E-state index in [1.165, 1.54) is 22.7 Å². The van der Waals surface area contributed by atoms with Crippen molar-refractivity contribution in [2.75, 3.05) is 6.54 Å². The Morgan fingerprint density at radius 2 is 2.50 bits per heavy atom. The van der Waals surface area contributed by atoms with E-state index in [2.05, 4.69) is 24.4 Å². The van der Waals surface area contributed by atoms with E-state index in [4.69, 9.17) is 0 Å². The molecule has 0 radical (unpaired) electrons. The molecule has 1 fully saturated rings. The van der Waals surface area contributed by atoms with Crippen molar-refractivity contribution in [3.05, 3.63) is 21.9 Å². The lowest BCUT2D eigenvalue weighted by Gasteiger charge is -1.85. The topological polar surface area (TPSA) is 21.9 Å². The van der Waals surface area contributed by atoms with Gasteiger partial charge in [0.1, 0.15) is 0 Å². The highest BCUT2D eigenvalue weighted by atomic mass is 32.1. The average molecular weight is 153 g/mol. The van der Waals surface area contributed by atoms with Crippen molar-refractivity contribution in [2.24, 2.45) is 0 Å². The van der Waals surface area contributed by atoms with Gasteiger partial charge in [-0.05, 0) is 18.6 Å². The van der Waals surface area contributed by atoms with E-state index in [0.29, 0.717) is 6.04 Å². The van der Waals surface area contributed by atoms with Gasteiger partial charge in [0, 0.05) is 16.3 Å². The fourth-order valence-corrected chi connectivity index (χ4v) is 2.06. The molecule has 0 aliphatic carbocycles. The molecular formula is C8H11NS. The number of hydrogen-bond acceptors (Lipinski definition) is 2. The molecule has 0 spiro atoms. The van der Waals surface area contributed by atoms with E-state index in [0.717, 1.165) is 0 Å². The van der Waals surface area contributed by atoms with Crippen molar-refractivity contribution < 1.29 is 0 Å². The summed E-state index contributed by atoms with van der Waals surface area (Å²) in [7, 11) is 0. The van der Waals surface area contributed by atoms with Gasteiger partial charge in [-0.15, -0.1) is 11.3 Å². The quantitative estimate of drug-likeness (QED) is 0.644. The lowest BCUT2D eigenvalue weighted by atomic mass is 10.3. The Morgan fingerprint density at radius 1 is 1.70 bits per heavy atom. The molecule has 2 heteroatoms. The van der Waals surface area contributed by atoms with Crippen molar-refractivity contribution >= 4 is 11.3 Å². The lowest BCUT2D eigenvalue weighted by molar-refractivity contribution is 1.12. The minimum Gasteiger partial charge on any atom is -0.306 e. The summed E-state index contributed by atoms with van der Waals surface area (Å²) < 4.78 is 0. The molecule has 2 rings (SSSR count). The minimum absolute atomic E-state index is 0.699. The van der Waals surface area contributed by atoms with E-state index in [-0.39, 0.29) is 0 Å². The van der Waals surface area contributed by atoms with Crippen LogP contribution in [0.4, 0.5) is 0 Å². The Hall–Kier alpha value is -0.340. The van der Waals surface area contributed by atoms with Crippen molar-refractivity contribution in [3.63, 3.8) is 0 Å². The molecule has 0 saturated carbocycles. The number of thiophene rings is 1. The fraction of sp³-hybridized carbons (Fsp3) is 0.500. The van der Waals surface area contributed by atoms with Crippen molar-refractivity contribution in [1.29, 1.82) is 0 Å². The van der Waals surface area contributed by atoms with Crippen LogP contribution in [-0.4, -0.2) is 6.54 Å². The number of hydrogen-bond donors (Lipinski definition) is 1. The second kappa shape index (κ2) is 2.36. The molecule has 1 saturated heterocycles. The van der Waals surface area contributed by atoms with Gasteiger partial charge in [0.15, 0.2) is 0 Å². The summed E-state index contributed by atoms with van der Waals surface area (Å²) in [4.78, 5) is 3.01. The van der Waals surface area contributed by atoms with E-state index in [9.17, 15) is 0 Å². The summed E-state index contributed by atoms with van der Waals surface area (Å²) in [5.41, 5.74) is 0. The Bertz CT molecular complexity index is 225. The van der Waals surface area contributed by atoms with Gasteiger partial charge in [-0.2, -0.15) is 0 Å². The van der Waals surface area contributed by atoms with Crippen molar-refractivity contribution in [2.45, 2.75) is 19.4 Å². The van der Waals surface area contributed by atoms with Gasteiger partial charge in [0.05, 0.1) is 6.04 Å². The highest BCUT2D eigenvalue weighted by molar-refractivity contribution is 7.12. The van der Waals surface area contributed by atoms with Crippen LogP contribution in [0.3, 0.4) is 0 Å². The molecule has 0 unspecified atom stereocenters. The molecule has 1 aliphatic rings. The largest absolute Gasteiger partial charge is 0.306 e. The van der Waals surface area contributed by atoms with E-state index in [1.807, 2.05) is 11.3 Å². The van der Waals surface area contributed by atoms with Crippen LogP contribution in [0.1, 0.15) is 22.7 Å². The zero-order valence-electron chi connectivity index (χ0n) is 6.05. The van der Waals surface area contributed by atoms with E-state index >= 15 is 0 Å². The maximum atomic E-state index is 3.30. The zero-order valence-corrected chi connectivity index (χ0v) is 6.87. The maximum absolute atomic E-state index is 3.30. The Morgan fingerprint density at radius 3 is 3.00 bits per heavy atom. The maximum Gasteiger partial charge on any atom is 0.0542 e. The van der Waals surface area contributed by atoms with Crippen LogP contribution in [-0.2, 0) is 6.42 Å². The first-order valence-corrected chi connectivity index (χ1v) is 4.54. The van der Waals surface area contributed by atoms with E-state index in [1.54, 1.807) is 0 Å². The molecule has 0 bridgehead atoms. The normalized spacial score (nSPS) is 23.1. The predicted molar refractivity (Wildman–Crippen MR) is 44.4 cm³/mol. The molecule has 0 aromatic carbocycles. The van der Waals surface area contributed by atoms with Gasteiger partial charge < -0.3 is 5.32 Å². The molecule has 2 heterocycles. The minimum atomic E-state index is 0.699. The smallest absolute Gasteiger partial charge is 0.0542 e. The molecule has 0 amide bonds. The van der Waals surface area contributed by atoms with Crippen LogP contribution in [0, 0.1) is 0 Å². The second-order valence-corrected chi connectivity index (χ2v) is 3.82. The van der Waals surface area contributed by atoms with Gasteiger partial charge in [0.25, 0.3) is 0 Å². The molecule has 54 valence electrons. The summed E-state index contributed by atoms with van der Waals surface area (Å²) in [5, 5.41) is 3.30. The van der Waals surface area contributed by atoms with Crippen LogP contribution in [0.5, 0.6) is 0 Å². The molecule has 10 heavy (non-hydrogen) atoms. The van der Waals surface area contributed by atoms with Gasteiger partial charge in [-0.1, -0.05) is 6.92 Å². The first-order valence-electron chi connectivity index (χ1n) is 3.72. The SMILES string of the molecule is CCc1ccc([C@H]2CN2)s1. The Kier molecular flexibility index (Phi) is 1.51. The monoisotopic (exact) mass is 153 g/mol. The molecular weight excluding hydrogens is 142 g/mol. The van der Waals surface area contributed by atoms with Crippen molar-refractivity contribution in [3.8, 4) is 0 Å². The third-order valence-electron chi connectivity index (χ3n) is 1.78.